The lowest BCUT2D eigenvalue weighted by atomic mass is 10.1. The van der Waals surface area contributed by atoms with Crippen molar-refractivity contribution >= 4 is 0 Å². The quantitative estimate of drug-likeness (QED) is 0.840. The van der Waals surface area contributed by atoms with Crippen LogP contribution in [0.2, 0.25) is 0 Å². The van der Waals surface area contributed by atoms with Crippen molar-refractivity contribution in [3.05, 3.63) is 17.0 Å². The molecule has 1 atom stereocenters. The van der Waals surface area contributed by atoms with E-state index in [4.69, 9.17) is 4.74 Å². The molecule has 0 bridgehead atoms. The molecule has 0 aliphatic carbocycles. The summed E-state index contributed by atoms with van der Waals surface area (Å²) in [6, 6.07) is 0. The third-order valence-corrected chi connectivity index (χ3v) is 3.84. The second kappa shape index (κ2) is 6.34. The Balaban J connectivity index is 1.68. The highest BCUT2D eigenvalue weighted by molar-refractivity contribution is 5.23. The smallest absolute Gasteiger partial charge is 0.0625 e. The fourth-order valence-corrected chi connectivity index (χ4v) is 2.73. The monoisotopic (exact) mass is 251 g/mol. The van der Waals surface area contributed by atoms with Crippen molar-refractivity contribution in [2.75, 3.05) is 33.4 Å². The maximum absolute atomic E-state index is 5.41. The van der Waals surface area contributed by atoms with E-state index in [-0.39, 0.29) is 0 Å². The van der Waals surface area contributed by atoms with E-state index in [0.717, 1.165) is 37.8 Å². The van der Waals surface area contributed by atoms with Crippen molar-refractivity contribution in [2.24, 2.45) is 5.92 Å². The molecule has 1 aliphatic heterocycles. The summed E-state index contributed by atoms with van der Waals surface area (Å²) in [7, 11) is 2.22. The molecular weight excluding hydrogens is 226 g/mol. The third-order valence-electron chi connectivity index (χ3n) is 3.84. The summed E-state index contributed by atoms with van der Waals surface area (Å²) in [4.78, 5) is 2.43. The summed E-state index contributed by atoms with van der Waals surface area (Å²) >= 11 is 0. The molecule has 4 nitrogen and oxygen atoms in total. The minimum Gasteiger partial charge on any atom is -0.381 e. The number of nitrogens with one attached hydrogen (secondary N) is 1. The number of H-pyrrole nitrogens is 1. The van der Waals surface area contributed by atoms with Crippen LogP contribution in [0.4, 0.5) is 0 Å². The predicted molar refractivity (Wildman–Crippen MR) is 72.8 cm³/mol. The summed E-state index contributed by atoms with van der Waals surface area (Å²) in [6.45, 7) is 8.41. The van der Waals surface area contributed by atoms with Gasteiger partial charge in [0, 0.05) is 18.8 Å². The van der Waals surface area contributed by atoms with Crippen LogP contribution in [0.15, 0.2) is 0 Å². The first-order chi connectivity index (χ1) is 8.66. The largest absolute Gasteiger partial charge is 0.381 e. The Bertz CT molecular complexity index is 350. The molecule has 1 aromatic heterocycles. The number of ether oxygens (including phenoxy) is 1. The summed E-state index contributed by atoms with van der Waals surface area (Å²) in [6.07, 6.45) is 3.55. The SMILES string of the molecule is Cc1n[nH]c(C)c1CCCN(C)C[C@H]1CCOC1. The Labute approximate surface area is 110 Å². The van der Waals surface area contributed by atoms with Gasteiger partial charge in [-0.3, -0.25) is 5.10 Å². The van der Waals surface area contributed by atoms with E-state index in [0.29, 0.717) is 0 Å². The van der Waals surface area contributed by atoms with E-state index in [2.05, 4.69) is 36.0 Å². The van der Waals surface area contributed by atoms with E-state index in [1.807, 2.05) is 0 Å². The predicted octanol–water partition coefficient (Wildman–Crippen LogP) is 1.93. The number of nitrogens with zero attached hydrogens (tertiary/aromatic N) is 2. The summed E-state index contributed by atoms with van der Waals surface area (Å²) in [5, 5.41) is 7.30. The van der Waals surface area contributed by atoms with Crippen LogP contribution in [-0.4, -0.2) is 48.4 Å². The van der Waals surface area contributed by atoms with Crippen LogP contribution < -0.4 is 0 Å². The summed E-state index contributed by atoms with van der Waals surface area (Å²) in [5.74, 6) is 0.743. The van der Waals surface area contributed by atoms with Crippen LogP contribution in [0.1, 0.15) is 29.8 Å². The molecule has 4 heteroatoms. The molecule has 1 fully saturated rings. The Kier molecular flexibility index (Phi) is 4.78. The molecule has 2 heterocycles. The first kappa shape index (κ1) is 13.6. The zero-order valence-electron chi connectivity index (χ0n) is 11.8. The Morgan fingerprint density at radius 3 is 2.89 bits per heavy atom. The number of hydrogen-bond donors (Lipinski definition) is 1. The molecule has 1 saturated heterocycles. The van der Waals surface area contributed by atoms with Crippen LogP contribution >= 0.6 is 0 Å². The van der Waals surface area contributed by atoms with Gasteiger partial charge in [-0.2, -0.15) is 5.10 Å². The molecule has 0 aromatic carbocycles. The molecular formula is C14H25N3O. The highest BCUT2D eigenvalue weighted by Gasteiger charge is 2.17. The maximum atomic E-state index is 5.41. The van der Waals surface area contributed by atoms with Gasteiger partial charge in [0.25, 0.3) is 0 Å². The molecule has 0 amide bonds. The normalized spacial score (nSPS) is 19.9. The molecule has 0 saturated carbocycles. The van der Waals surface area contributed by atoms with E-state index >= 15 is 0 Å². The van der Waals surface area contributed by atoms with Crippen molar-refractivity contribution in [1.29, 1.82) is 0 Å². The Morgan fingerprint density at radius 1 is 1.44 bits per heavy atom. The lowest BCUT2D eigenvalue weighted by molar-refractivity contribution is 0.173. The number of aromatic nitrogens is 2. The van der Waals surface area contributed by atoms with Crippen molar-refractivity contribution in [3.63, 3.8) is 0 Å². The number of aromatic amines is 1. The summed E-state index contributed by atoms with van der Waals surface area (Å²) < 4.78 is 5.41. The molecule has 1 aliphatic rings. The van der Waals surface area contributed by atoms with Crippen molar-refractivity contribution < 1.29 is 4.74 Å². The highest BCUT2D eigenvalue weighted by atomic mass is 16.5. The van der Waals surface area contributed by atoms with Crippen LogP contribution in [0.5, 0.6) is 0 Å². The number of aryl methyl sites for hydroxylation is 2. The highest BCUT2D eigenvalue weighted by Crippen LogP contribution is 2.15. The van der Waals surface area contributed by atoms with Crippen LogP contribution in [-0.2, 0) is 11.2 Å². The van der Waals surface area contributed by atoms with Gasteiger partial charge in [-0.15, -0.1) is 0 Å². The van der Waals surface area contributed by atoms with Crippen molar-refractivity contribution in [3.8, 4) is 0 Å². The summed E-state index contributed by atoms with van der Waals surface area (Å²) in [5.41, 5.74) is 3.77. The fraction of sp³-hybridized carbons (Fsp3) is 0.786. The van der Waals surface area contributed by atoms with Crippen LogP contribution in [0.3, 0.4) is 0 Å². The average Bonchev–Trinajstić information content (AvgIpc) is 2.93. The topological polar surface area (TPSA) is 41.2 Å². The van der Waals surface area contributed by atoms with E-state index in [9.17, 15) is 0 Å². The first-order valence-corrected chi connectivity index (χ1v) is 6.93. The van der Waals surface area contributed by atoms with Crippen molar-refractivity contribution in [1.82, 2.24) is 15.1 Å². The van der Waals surface area contributed by atoms with Gasteiger partial charge in [-0.1, -0.05) is 0 Å². The van der Waals surface area contributed by atoms with Gasteiger partial charge < -0.3 is 9.64 Å². The van der Waals surface area contributed by atoms with E-state index < -0.39 is 0 Å². The van der Waals surface area contributed by atoms with Crippen LogP contribution in [0.25, 0.3) is 0 Å². The minimum atomic E-state index is 0.743. The molecule has 1 aromatic rings. The number of rotatable bonds is 6. The van der Waals surface area contributed by atoms with Crippen LogP contribution in [0, 0.1) is 19.8 Å². The van der Waals surface area contributed by atoms with Gasteiger partial charge in [0.15, 0.2) is 0 Å². The van der Waals surface area contributed by atoms with Gasteiger partial charge in [0.2, 0.25) is 0 Å². The van der Waals surface area contributed by atoms with Crippen molar-refractivity contribution in [2.45, 2.75) is 33.1 Å². The van der Waals surface area contributed by atoms with Gasteiger partial charge >= 0.3 is 0 Å². The Morgan fingerprint density at radius 2 is 2.28 bits per heavy atom. The second-order valence-electron chi connectivity index (χ2n) is 5.51. The van der Waals surface area contributed by atoms with Gasteiger partial charge in [-0.05, 0) is 58.2 Å². The molecule has 1 N–H and O–H groups in total. The van der Waals surface area contributed by atoms with Gasteiger partial charge in [-0.25, -0.2) is 0 Å². The minimum absolute atomic E-state index is 0.743. The molecule has 18 heavy (non-hydrogen) atoms. The van der Waals surface area contributed by atoms with E-state index in [1.165, 1.54) is 30.6 Å². The number of hydrogen-bond acceptors (Lipinski definition) is 3. The average molecular weight is 251 g/mol. The molecule has 0 spiro atoms. The van der Waals surface area contributed by atoms with E-state index in [1.54, 1.807) is 0 Å². The second-order valence-corrected chi connectivity index (χ2v) is 5.51. The lowest BCUT2D eigenvalue weighted by Crippen LogP contribution is -2.27. The van der Waals surface area contributed by atoms with Gasteiger partial charge in [0.05, 0.1) is 12.3 Å². The van der Waals surface area contributed by atoms with Gasteiger partial charge in [0.1, 0.15) is 0 Å². The molecule has 0 radical (unpaired) electrons. The Hall–Kier alpha value is -0.870. The lowest BCUT2D eigenvalue weighted by Gasteiger charge is -2.19. The maximum Gasteiger partial charge on any atom is 0.0625 e. The fourth-order valence-electron chi connectivity index (χ4n) is 2.73. The zero-order chi connectivity index (χ0) is 13.0. The molecule has 102 valence electrons. The molecule has 0 unspecified atom stereocenters. The third kappa shape index (κ3) is 3.56. The zero-order valence-corrected chi connectivity index (χ0v) is 11.8. The molecule has 2 rings (SSSR count). The standard InChI is InChI=1S/C14H25N3O/c1-11-14(12(2)16-15-11)5-4-7-17(3)9-13-6-8-18-10-13/h13H,4-10H2,1-3H3,(H,15,16)/t13-/m1/s1. The first-order valence-electron chi connectivity index (χ1n) is 6.93.